The molecule has 33 heavy (non-hydrogen) atoms. The molecule has 4 aromatic heterocycles. The van der Waals surface area contributed by atoms with Crippen LogP contribution in [0.1, 0.15) is 40.5 Å². The molecule has 172 valence electrons. The van der Waals surface area contributed by atoms with Crippen LogP contribution in [0.5, 0.6) is 0 Å². The molecule has 4 heterocycles. The summed E-state index contributed by atoms with van der Waals surface area (Å²) in [5.74, 6) is 0.198. The highest BCUT2D eigenvalue weighted by Crippen LogP contribution is 2.31. The van der Waals surface area contributed by atoms with E-state index in [0.717, 1.165) is 22.5 Å². The molecule has 12 heteroatoms. The van der Waals surface area contributed by atoms with E-state index in [-0.39, 0.29) is 17.9 Å². The van der Waals surface area contributed by atoms with Gasteiger partial charge < -0.3 is 0 Å². The zero-order valence-electron chi connectivity index (χ0n) is 17.8. The summed E-state index contributed by atoms with van der Waals surface area (Å²) < 4.78 is 67.8. The molecule has 0 saturated heterocycles. The van der Waals surface area contributed by atoms with E-state index in [2.05, 4.69) is 25.1 Å². The van der Waals surface area contributed by atoms with Crippen molar-refractivity contribution in [2.24, 2.45) is 7.05 Å². The summed E-state index contributed by atoms with van der Waals surface area (Å²) >= 11 is 0. The molecule has 0 aromatic carbocycles. The topological polar surface area (TPSA) is 74.3 Å². The molecule has 7 nitrogen and oxygen atoms in total. The Morgan fingerprint density at radius 3 is 2.39 bits per heavy atom. The minimum atomic E-state index is -4.52. The molecule has 0 spiro atoms. The molecule has 0 atom stereocenters. The van der Waals surface area contributed by atoms with Crippen LogP contribution < -0.4 is 0 Å². The normalized spacial score (nSPS) is 12.0. The van der Waals surface area contributed by atoms with Crippen molar-refractivity contribution in [1.82, 2.24) is 34.5 Å². The molecule has 0 N–H and O–H groups in total. The van der Waals surface area contributed by atoms with E-state index in [1.165, 1.54) is 18.5 Å². The van der Waals surface area contributed by atoms with Gasteiger partial charge in [0, 0.05) is 31.3 Å². The number of hydrogen-bond donors (Lipinski definition) is 0. The molecule has 4 rings (SSSR count). The Labute approximate surface area is 184 Å². The van der Waals surface area contributed by atoms with Crippen LogP contribution in [0.25, 0.3) is 17.1 Å². The highest BCUT2D eigenvalue weighted by Gasteiger charge is 2.32. The van der Waals surface area contributed by atoms with Gasteiger partial charge in [-0.2, -0.15) is 23.4 Å². The second kappa shape index (κ2) is 8.34. The standard InChI is InChI=1S/C21H18F5N7/c1-11-6-16(20(22)23)33(30-11)18-8-14(28-10-29-18)7-15-12(2)19(32(3)31-15)13-4-5-17(27-9-13)21(24,25)26/h4-6,8-10,20H,7H2,1-3H3. The van der Waals surface area contributed by atoms with Gasteiger partial charge in [0.25, 0.3) is 6.43 Å². The first-order chi connectivity index (χ1) is 15.5. The average molecular weight is 463 g/mol. The second-order valence-corrected chi connectivity index (χ2v) is 7.44. The molecular formula is C21H18F5N7. The van der Waals surface area contributed by atoms with Gasteiger partial charge in [0.05, 0.1) is 22.8 Å². The van der Waals surface area contributed by atoms with Crippen LogP contribution in [-0.2, 0) is 19.6 Å². The van der Waals surface area contributed by atoms with Gasteiger partial charge in [0.1, 0.15) is 17.7 Å². The molecular weight excluding hydrogens is 445 g/mol. The van der Waals surface area contributed by atoms with Gasteiger partial charge in [0.15, 0.2) is 5.82 Å². The van der Waals surface area contributed by atoms with Crippen LogP contribution in [0, 0.1) is 13.8 Å². The fourth-order valence-electron chi connectivity index (χ4n) is 3.59. The van der Waals surface area contributed by atoms with Crippen molar-refractivity contribution in [3.8, 4) is 17.1 Å². The largest absolute Gasteiger partial charge is 0.433 e. The molecule has 0 bridgehead atoms. The van der Waals surface area contributed by atoms with Crippen LogP contribution in [0.15, 0.2) is 36.8 Å². The summed E-state index contributed by atoms with van der Waals surface area (Å²) in [6, 6.07) is 5.11. The number of halogens is 5. The molecule has 4 aromatic rings. The van der Waals surface area contributed by atoms with Gasteiger partial charge in [-0.15, -0.1) is 0 Å². The first kappa shape index (κ1) is 22.5. The van der Waals surface area contributed by atoms with Crippen molar-refractivity contribution in [3.05, 3.63) is 70.8 Å². The van der Waals surface area contributed by atoms with Crippen LogP contribution in [-0.4, -0.2) is 34.5 Å². The van der Waals surface area contributed by atoms with Crippen molar-refractivity contribution < 1.29 is 22.0 Å². The third kappa shape index (κ3) is 4.45. The van der Waals surface area contributed by atoms with Gasteiger partial charge in [-0.05, 0) is 37.6 Å². The monoisotopic (exact) mass is 463 g/mol. The summed E-state index contributed by atoms with van der Waals surface area (Å²) in [4.78, 5) is 11.8. The summed E-state index contributed by atoms with van der Waals surface area (Å²) in [5, 5.41) is 8.56. The van der Waals surface area contributed by atoms with Crippen molar-refractivity contribution in [2.75, 3.05) is 0 Å². The molecule has 0 aliphatic rings. The number of pyridine rings is 1. The van der Waals surface area contributed by atoms with Gasteiger partial charge in [-0.3, -0.25) is 9.67 Å². The van der Waals surface area contributed by atoms with Crippen LogP contribution in [0.3, 0.4) is 0 Å². The zero-order chi connectivity index (χ0) is 23.9. The Bertz CT molecular complexity index is 1290. The predicted octanol–water partition coefficient (Wildman–Crippen LogP) is 4.62. The summed E-state index contributed by atoms with van der Waals surface area (Å²) in [6.45, 7) is 3.41. The van der Waals surface area contributed by atoms with Crippen LogP contribution in [0.2, 0.25) is 0 Å². The van der Waals surface area contributed by atoms with Crippen molar-refractivity contribution in [3.63, 3.8) is 0 Å². The van der Waals surface area contributed by atoms with E-state index in [1.807, 2.05) is 0 Å². The maximum absolute atomic E-state index is 13.3. The Morgan fingerprint density at radius 1 is 1.00 bits per heavy atom. The fraction of sp³-hybridized carbons (Fsp3) is 0.286. The molecule has 0 radical (unpaired) electrons. The van der Waals surface area contributed by atoms with E-state index >= 15 is 0 Å². The zero-order valence-corrected chi connectivity index (χ0v) is 17.8. The molecule has 0 saturated carbocycles. The molecule has 0 aliphatic carbocycles. The smallest absolute Gasteiger partial charge is 0.267 e. The maximum Gasteiger partial charge on any atom is 0.433 e. The first-order valence-electron chi connectivity index (χ1n) is 9.76. The van der Waals surface area contributed by atoms with E-state index in [0.29, 0.717) is 28.3 Å². The predicted molar refractivity (Wildman–Crippen MR) is 108 cm³/mol. The van der Waals surface area contributed by atoms with Gasteiger partial charge in [-0.25, -0.2) is 23.4 Å². The van der Waals surface area contributed by atoms with E-state index in [4.69, 9.17) is 0 Å². The third-order valence-corrected chi connectivity index (χ3v) is 5.07. The lowest BCUT2D eigenvalue weighted by Gasteiger charge is -2.08. The lowest BCUT2D eigenvalue weighted by molar-refractivity contribution is -0.141. The number of alkyl halides is 5. The lowest BCUT2D eigenvalue weighted by atomic mass is 10.1. The van der Waals surface area contributed by atoms with Gasteiger partial charge >= 0.3 is 6.18 Å². The first-order valence-corrected chi connectivity index (χ1v) is 9.76. The highest BCUT2D eigenvalue weighted by molar-refractivity contribution is 5.63. The average Bonchev–Trinajstić information content (AvgIpc) is 3.27. The van der Waals surface area contributed by atoms with Gasteiger partial charge in [-0.1, -0.05) is 0 Å². The highest BCUT2D eigenvalue weighted by atomic mass is 19.4. The number of rotatable bonds is 5. The van der Waals surface area contributed by atoms with Crippen LogP contribution in [0.4, 0.5) is 22.0 Å². The summed E-state index contributed by atoms with van der Waals surface area (Å²) in [6.07, 6.45) is -4.57. The third-order valence-electron chi connectivity index (χ3n) is 5.07. The van der Waals surface area contributed by atoms with Gasteiger partial charge in [0.2, 0.25) is 0 Å². The fourth-order valence-corrected chi connectivity index (χ4v) is 3.59. The number of nitrogens with zero attached hydrogens (tertiary/aromatic N) is 7. The molecule has 0 fully saturated rings. The van der Waals surface area contributed by atoms with E-state index in [9.17, 15) is 22.0 Å². The van der Waals surface area contributed by atoms with Crippen molar-refractivity contribution >= 4 is 0 Å². The van der Waals surface area contributed by atoms with E-state index < -0.39 is 18.3 Å². The minimum absolute atomic E-state index is 0.198. The number of aromatic nitrogens is 7. The Kier molecular flexibility index (Phi) is 5.68. The Balaban J connectivity index is 1.65. The molecule has 0 aliphatic heterocycles. The van der Waals surface area contributed by atoms with Crippen molar-refractivity contribution in [2.45, 2.75) is 32.9 Å². The maximum atomic E-state index is 13.3. The van der Waals surface area contributed by atoms with E-state index in [1.54, 1.807) is 31.6 Å². The SMILES string of the molecule is Cc1cc(C(F)F)n(-c2cc(Cc3nn(C)c(-c4ccc(C(F)(F)F)nc4)c3C)ncn2)n1. The second-order valence-electron chi connectivity index (χ2n) is 7.44. The molecule has 0 unspecified atom stereocenters. The quantitative estimate of drug-likeness (QED) is 0.404. The summed E-state index contributed by atoms with van der Waals surface area (Å²) in [7, 11) is 1.68. The molecule has 0 amide bonds. The lowest BCUT2D eigenvalue weighted by Crippen LogP contribution is -2.07. The number of hydrogen-bond acceptors (Lipinski definition) is 5. The van der Waals surface area contributed by atoms with Crippen molar-refractivity contribution in [1.29, 1.82) is 0 Å². The number of aryl methyl sites for hydroxylation is 2. The summed E-state index contributed by atoms with van der Waals surface area (Å²) in [5.41, 5.74) is 2.17. The minimum Gasteiger partial charge on any atom is -0.267 e. The Morgan fingerprint density at radius 2 is 1.76 bits per heavy atom. The van der Waals surface area contributed by atoms with Crippen LogP contribution >= 0.6 is 0 Å². The Hall–Kier alpha value is -3.70.